The Kier molecular flexibility index (Phi) is 4.54. The van der Waals surface area contributed by atoms with Crippen LogP contribution in [0.1, 0.15) is 29.6 Å². The van der Waals surface area contributed by atoms with E-state index in [-0.39, 0.29) is 5.78 Å². The number of ketones is 1. The molecular weight excluding hydrogens is 316 g/mol. The largest absolute Gasteiger partial charge is 0.299 e. The van der Waals surface area contributed by atoms with Crippen LogP contribution in [-0.4, -0.2) is 54.3 Å². The molecule has 2 aliphatic heterocycles. The highest BCUT2D eigenvalue weighted by atomic mass is 79.9. The van der Waals surface area contributed by atoms with Crippen molar-refractivity contribution in [1.29, 1.82) is 0 Å². The Morgan fingerprint density at radius 2 is 2.05 bits per heavy atom. The van der Waals surface area contributed by atoms with Gasteiger partial charge in [-0.2, -0.15) is 0 Å². The van der Waals surface area contributed by atoms with Gasteiger partial charge in [-0.15, -0.1) is 0 Å². The zero-order chi connectivity index (χ0) is 13.9. The summed E-state index contributed by atoms with van der Waals surface area (Å²) in [7, 11) is 0. The van der Waals surface area contributed by atoms with E-state index >= 15 is 0 Å². The molecule has 0 spiro atoms. The summed E-state index contributed by atoms with van der Waals surface area (Å²) in [6.45, 7) is 5.16. The highest BCUT2D eigenvalue weighted by Gasteiger charge is 2.30. The molecular formula is C16H21BrN2O. The average molecular weight is 337 g/mol. The van der Waals surface area contributed by atoms with E-state index in [1.165, 1.54) is 32.4 Å². The number of hydrogen-bond donors (Lipinski definition) is 0. The third kappa shape index (κ3) is 3.30. The Hall–Kier alpha value is -0.710. The summed E-state index contributed by atoms with van der Waals surface area (Å²) in [5.74, 6) is 0.230. The minimum atomic E-state index is 0.230. The van der Waals surface area contributed by atoms with Gasteiger partial charge >= 0.3 is 0 Å². The zero-order valence-corrected chi connectivity index (χ0v) is 13.3. The number of rotatable bonds is 4. The molecule has 2 saturated heterocycles. The number of nitrogens with zero attached hydrogens (tertiary/aromatic N) is 2. The van der Waals surface area contributed by atoms with Crippen molar-refractivity contribution in [3.8, 4) is 0 Å². The Balaban J connectivity index is 1.55. The van der Waals surface area contributed by atoms with E-state index < -0.39 is 0 Å². The standard InChI is InChI=1S/C16H21BrN2O/c17-14-5-3-4-13(10-14)16(20)12-18-9-6-15(11-18)19-7-1-2-8-19/h3-5,10,15H,1-2,6-9,11-12H2. The Labute approximate surface area is 129 Å². The molecule has 4 heteroatoms. The van der Waals surface area contributed by atoms with Gasteiger partial charge in [-0.3, -0.25) is 14.6 Å². The number of likely N-dealkylation sites (tertiary alicyclic amines) is 2. The number of halogens is 1. The smallest absolute Gasteiger partial charge is 0.176 e. The van der Waals surface area contributed by atoms with Crippen LogP contribution in [0.5, 0.6) is 0 Å². The summed E-state index contributed by atoms with van der Waals surface area (Å²) in [4.78, 5) is 17.2. The van der Waals surface area contributed by atoms with E-state index in [0.29, 0.717) is 12.6 Å². The van der Waals surface area contributed by atoms with Gasteiger partial charge in [0.25, 0.3) is 0 Å². The van der Waals surface area contributed by atoms with Crippen molar-refractivity contribution in [1.82, 2.24) is 9.80 Å². The molecule has 1 unspecified atom stereocenters. The van der Waals surface area contributed by atoms with Crippen LogP contribution in [0.15, 0.2) is 28.7 Å². The zero-order valence-electron chi connectivity index (χ0n) is 11.7. The first kappa shape index (κ1) is 14.2. The van der Waals surface area contributed by atoms with Gasteiger partial charge in [-0.25, -0.2) is 0 Å². The molecule has 1 aromatic rings. The summed E-state index contributed by atoms with van der Waals surface area (Å²) < 4.78 is 0.972. The second-order valence-corrected chi connectivity index (χ2v) is 6.77. The molecule has 0 aliphatic carbocycles. The molecule has 2 fully saturated rings. The fourth-order valence-corrected chi connectivity index (χ4v) is 3.72. The lowest BCUT2D eigenvalue weighted by Gasteiger charge is -2.23. The minimum Gasteiger partial charge on any atom is -0.299 e. The maximum absolute atomic E-state index is 12.3. The molecule has 0 N–H and O–H groups in total. The lowest BCUT2D eigenvalue weighted by atomic mass is 10.1. The molecule has 1 atom stereocenters. The quantitative estimate of drug-likeness (QED) is 0.790. The van der Waals surface area contributed by atoms with Crippen molar-refractivity contribution in [3.05, 3.63) is 34.3 Å². The van der Waals surface area contributed by atoms with E-state index in [4.69, 9.17) is 0 Å². The highest BCUT2D eigenvalue weighted by Crippen LogP contribution is 2.21. The predicted octanol–water partition coefficient (Wildman–Crippen LogP) is 2.80. The first-order chi connectivity index (χ1) is 9.72. The van der Waals surface area contributed by atoms with Gasteiger partial charge in [0.2, 0.25) is 0 Å². The number of carbonyl (C=O) groups is 1. The second kappa shape index (κ2) is 6.37. The molecule has 108 valence electrons. The van der Waals surface area contributed by atoms with Crippen LogP contribution in [0.4, 0.5) is 0 Å². The van der Waals surface area contributed by atoms with Gasteiger partial charge < -0.3 is 0 Å². The molecule has 3 rings (SSSR count). The van der Waals surface area contributed by atoms with Crippen molar-refractivity contribution < 1.29 is 4.79 Å². The Bertz CT molecular complexity index is 485. The van der Waals surface area contributed by atoms with Gasteiger partial charge in [0.05, 0.1) is 6.54 Å². The van der Waals surface area contributed by atoms with Gasteiger partial charge in [0.1, 0.15) is 0 Å². The Morgan fingerprint density at radius 1 is 1.25 bits per heavy atom. The number of benzene rings is 1. The summed E-state index contributed by atoms with van der Waals surface area (Å²) in [5, 5.41) is 0. The van der Waals surface area contributed by atoms with Crippen molar-refractivity contribution in [2.24, 2.45) is 0 Å². The Morgan fingerprint density at radius 3 is 2.80 bits per heavy atom. The summed E-state index contributed by atoms with van der Waals surface area (Å²) in [5.41, 5.74) is 0.809. The van der Waals surface area contributed by atoms with Crippen molar-refractivity contribution >= 4 is 21.7 Å². The van der Waals surface area contributed by atoms with Gasteiger partial charge in [-0.05, 0) is 44.5 Å². The molecule has 20 heavy (non-hydrogen) atoms. The monoisotopic (exact) mass is 336 g/mol. The van der Waals surface area contributed by atoms with Crippen LogP contribution < -0.4 is 0 Å². The first-order valence-corrected chi connectivity index (χ1v) is 8.27. The third-order valence-corrected chi connectivity index (χ3v) is 4.91. The van der Waals surface area contributed by atoms with Gasteiger partial charge in [-0.1, -0.05) is 28.1 Å². The minimum absolute atomic E-state index is 0.230. The fourth-order valence-electron chi connectivity index (χ4n) is 3.32. The lowest BCUT2D eigenvalue weighted by Crippen LogP contribution is -2.36. The molecule has 1 aromatic carbocycles. The van der Waals surface area contributed by atoms with Crippen molar-refractivity contribution in [3.63, 3.8) is 0 Å². The highest BCUT2D eigenvalue weighted by molar-refractivity contribution is 9.10. The SMILES string of the molecule is O=C(CN1CCC(N2CCCC2)C1)c1cccc(Br)c1. The number of carbonyl (C=O) groups excluding carboxylic acids is 1. The van der Waals surface area contributed by atoms with Crippen LogP contribution in [0.3, 0.4) is 0 Å². The van der Waals surface area contributed by atoms with E-state index in [0.717, 1.165) is 23.1 Å². The van der Waals surface area contributed by atoms with Crippen LogP contribution in [-0.2, 0) is 0 Å². The predicted molar refractivity (Wildman–Crippen MR) is 84.1 cm³/mol. The van der Waals surface area contributed by atoms with Crippen LogP contribution >= 0.6 is 15.9 Å². The summed E-state index contributed by atoms with van der Waals surface area (Å²) >= 11 is 3.42. The molecule has 0 amide bonds. The van der Waals surface area contributed by atoms with E-state index in [1.807, 2.05) is 24.3 Å². The summed E-state index contributed by atoms with van der Waals surface area (Å²) in [6, 6.07) is 8.37. The van der Waals surface area contributed by atoms with Gasteiger partial charge in [0.15, 0.2) is 5.78 Å². The molecule has 2 heterocycles. The molecule has 0 aromatic heterocycles. The first-order valence-electron chi connectivity index (χ1n) is 7.47. The third-order valence-electron chi connectivity index (χ3n) is 4.42. The number of Topliss-reactive ketones (excluding diaryl/α,β-unsaturated/α-hetero) is 1. The second-order valence-electron chi connectivity index (χ2n) is 5.85. The maximum Gasteiger partial charge on any atom is 0.176 e. The topological polar surface area (TPSA) is 23.6 Å². The van der Waals surface area contributed by atoms with E-state index in [2.05, 4.69) is 25.7 Å². The van der Waals surface area contributed by atoms with Crippen molar-refractivity contribution in [2.75, 3.05) is 32.7 Å². The molecule has 0 saturated carbocycles. The average Bonchev–Trinajstić information content (AvgIpc) is 3.08. The van der Waals surface area contributed by atoms with Crippen molar-refractivity contribution in [2.45, 2.75) is 25.3 Å². The van der Waals surface area contributed by atoms with Crippen LogP contribution in [0, 0.1) is 0 Å². The van der Waals surface area contributed by atoms with Crippen LogP contribution in [0.2, 0.25) is 0 Å². The fraction of sp³-hybridized carbons (Fsp3) is 0.562. The number of hydrogen-bond acceptors (Lipinski definition) is 3. The maximum atomic E-state index is 12.3. The van der Waals surface area contributed by atoms with E-state index in [1.54, 1.807) is 0 Å². The van der Waals surface area contributed by atoms with E-state index in [9.17, 15) is 4.79 Å². The molecule has 3 nitrogen and oxygen atoms in total. The molecule has 0 bridgehead atoms. The normalized spacial score (nSPS) is 24.4. The van der Waals surface area contributed by atoms with Gasteiger partial charge in [0, 0.05) is 29.2 Å². The lowest BCUT2D eigenvalue weighted by molar-refractivity contribution is 0.0940. The summed E-state index contributed by atoms with van der Waals surface area (Å²) in [6.07, 6.45) is 3.90. The molecule has 0 radical (unpaired) electrons. The molecule has 2 aliphatic rings. The van der Waals surface area contributed by atoms with Crippen LogP contribution in [0.25, 0.3) is 0 Å².